The first kappa shape index (κ1) is 9.77. The summed E-state index contributed by atoms with van der Waals surface area (Å²) in [4.78, 5) is 12.7. The monoisotopic (exact) mass is 199 g/mol. The molecule has 1 N–H and O–H groups in total. The number of nitrogens with zero attached hydrogens (tertiary/aromatic N) is 1. The Kier molecular flexibility index (Phi) is 2.00. The number of carbonyl (C=O) groups is 1. The third-order valence-electron chi connectivity index (χ3n) is 3.13. The quantitative estimate of drug-likeness (QED) is 0.694. The van der Waals surface area contributed by atoms with Crippen molar-refractivity contribution < 1.29 is 14.6 Å². The summed E-state index contributed by atoms with van der Waals surface area (Å²) in [6, 6.07) is 0.196. The lowest BCUT2D eigenvalue weighted by atomic mass is 10.1. The van der Waals surface area contributed by atoms with E-state index >= 15 is 0 Å². The first-order chi connectivity index (χ1) is 6.43. The Morgan fingerprint density at radius 2 is 1.86 bits per heavy atom. The molecule has 80 valence electrons. The molecule has 4 nitrogen and oxygen atoms in total. The van der Waals surface area contributed by atoms with Gasteiger partial charge in [0.25, 0.3) is 0 Å². The van der Waals surface area contributed by atoms with Gasteiger partial charge in [0.05, 0.1) is 13.2 Å². The van der Waals surface area contributed by atoms with Crippen LogP contribution < -0.4 is 0 Å². The van der Waals surface area contributed by atoms with Crippen molar-refractivity contribution in [2.75, 3.05) is 13.2 Å². The first-order valence-electron chi connectivity index (χ1n) is 5.03. The molecule has 2 unspecified atom stereocenters. The lowest BCUT2D eigenvalue weighted by Gasteiger charge is -2.34. The highest BCUT2D eigenvalue weighted by atomic mass is 16.5. The van der Waals surface area contributed by atoms with E-state index in [2.05, 4.69) is 0 Å². The van der Waals surface area contributed by atoms with Crippen molar-refractivity contribution in [2.45, 2.75) is 32.4 Å². The molecule has 4 heteroatoms. The molecule has 14 heavy (non-hydrogen) atoms. The Morgan fingerprint density at radius 1 is 1.36 bits per heavy atom. The van der Waals surface area contributed by atoms with Crippen LogP contribution in [0.2, 0.25) is 0 Å². The molecule has 1 saturated carbocycles. The van der Waals surface area contributed by atoms with Gasteiger partial charge in [0.15, 0.2) is 0 Å². The minimum Gasteiger partial charge on any atom is -0.465 e. The lowest BCUT2D eigenvalue weighted by Crippen LogP contribution is -2.48. The molecule has 0 aromatic rings. The zero-order valence-electron chi connectivity index (χ0n) is 8.86. The summed E-state index contributed by atoms with van der Waals surface area (Å²) in [5, 5.41) is 9.16. The van der Waals surface area contributed by atoms with Crippen molar-refractivity contribution in [1.29, 1.82) is 0 Å². The van der Waals surface area contributed by atoms with Gasteiger partial charge in [-0.1, -0.05) is 0 Å². The van der Waals surface area contributed by atoms with Crippen molar-refractivity contribution in [2.24, 2.45) is 11.8 Å². The van der Waals surface area contributed by atoms with Crippen LogP contribution in [-0.2, 0) is 4.74 Å². The molecule has 0 aromatic heterocycles. The third-order valence-corrected chi connectivity index (χ3v) is 3.13. The normalized spacial score (nSPS) is 35.2. The number of hydrogen-bond acceptors (Lipinski definition) is 2. The number of fused-ring (bicyclic) bond motifs is 1. The standard InChI is InChI=1S/C10H17NO3/c1-10(2,3)11(9(12)13)8-6-4-14-5-7(6)8/h6-8H,4-5H2,1-3H3,(H,12,13). The van der Waals surface area contributed by atoms with E-state index in [0.29, 0.717) is 11.8 Å². The molecular formula is C10H17NO3. The minimum absolute atomic E-state index is 0.196. The smallest absolute Gasteiger partial charge is 0.408 e. The van der Waals surface area contributed by atoms with Crippen LogP contribution in [0.5, 0.6) is 0 Å². The Labute approximate surface area is 83.8 Å². The van der Waals surface area contributed by atoms with Gasteiger partial charge in [-0.15, -0.1) is 0 Å². The van der Waals surface area contributed by atoms with Crippen molar-refractivity contribution in [3.05, 3.63) is 0 Å². The number of ether oxygens (including phenoxy) is 1. The van der Waals surface area contributed by atoms with Crippen LogP contribution in [0.15, 0.2) is 0 Å². The summed E-state index contributed by atoms with van der Waals surface area (Å²) < 4.78 is 5.26. The molecule has 1 heterocycles. The van der Waals surface area contributed by atoms with E-state index in [-0.39, 0.29) is 11.6 Å². The molecule has 0 spiro atoms. The van der Waals surface area contributed by atoms with Gasteiger partial charge in [0.1, 0.15) is 0 Å². The number of carboxylic acid groups (broad SMARTS) is 1. The second-order valence-corrected chi connectivity index (χ2v) is 5.18. The van der Waals surface area contributed by atoms with Crippen LogP contribution in [0.25, 0.3) is 0 Å². The van der Waals surface area contributed by atoms with Crippen LogP contribution in [-0.4, -0.2) is 40.9 Å². The fourth-order valence-corrected chi connectivity index (χ4v) is 2.45. The average molecular weight is 199 g/mol. The molecule has 1 saturated heterocycles. The minimum atomic E-state index is -0.808. The van der Waals surface area contributed by atoms with Crippen LogP contribution in [0, 0.1) is 11.8 Å². The fourth-order valence-electron chi connectivity index (χ4n) is 2.45. The zero-order valence-corrected chi connectivity index (χ0v) is 8.86. The van der Waals surface area contributed by atoms with Gasteiger partial charge in [0, 0.05) is 23.4 Å². The van der Waals surface area contributed by atoms with E-state index in [1.807, 2.05) is 20.8 Å². The molecular weight excluding hydrogens is 182 g/mol. The Balaban J connectivity index is 2.10. The molecule has 0 radical (unpaired) electrons. The van der Waals surface area contributed by atoms with E-state index in [1.165, 1.54) is 0 Å². The van der Waals surface area contributed by atoms with Crippen molar-refractivity contribution in [3.63, 3.8) is 0 Å². The summed E-state index contributed by atoms with van der Waals surface area (Å²) in [6.45, 7) is 7.28. The van der Waals surface area contributed by atoms with Crippen LogP contribution in [0.3, 0.4) is 0 Å². The molecule has 2 rings (SSSR count). The predicted octanol–water partition coefficient (Wildman–Crippen LogP) is 1.41. The summed E-state index contributed by atoms with van der Waals surface area (Å²) >= 11 is 0. The molecule has 2 fully saturated rings. The van der Waals surface area contributed by atoms with E-state index in [0.717, 1.165) is 13.2 Å². The van der Waals surface area contributed by atoms with Crippen LogP contribution >= 0.6 is 0 Å². The molecule has 0 aromatic carbocycles. The first-order valence-corrected chi connectivity index (χ1v) is 5.03. The molecule has 1 amide bonds. The zero-order chi connectivity index (χ0) is 10.5. The largest absolute Gasteiger partial charge is 0.465 e. The maximum Gasteiger partial charge on any atom is 0.408 e. The van der Waals surface area contributed by atoms with Crippen LogP contribution in [0.4, 0.5) is 4.79 Å². The maximum absolute atomic E-state index is 11.1. The van der Waals surface area contributed by atoms with Crippen molar-refractivity contribution >= 4 is 6.09 Å². The van der Waals surface area contributed by atoms with Crippen LogP contribution in [0.1, 0.15) is 20.8 Å². The molecule has 1 aliphatic heterocycles. The number of rotatable bonds is 1. The van der Waals surface area contributed by atoms with E-state index in [9.17, 15) is 4.79 Å². The van der Waals surface area contributed by atoms with Crippen molar-refractivity contribution in [3.8, 4) is 0 Å². The van der Waals surface area contributed by atoms with Gasteiger partial charge in [-0.05, 0) is 20.8 Å². The summed E-state index contributed by atoms with van der Waals surface area (Å²) in [5.74, 6) is 0.899. The van der Waals surface area contributed by atoms with Gasteiger partial charge in [0.2, 0.25) is 0 Å². The van der Waals surface area contributed by atoms with E-state index < -0.39 is 6.09 Å². The second-order valence-electron chi connectivity index (χ2n) is 5.18. The predicted molar refractivity (Wildman–Crippen MR) is 51.2 cm³/mol. The number of hydrogen-bond donors (Lipinski definition) is 1. The Morgan fingerprint density at radius 3 is 2.21 bits per heavy atom. The highest BCUT2D eigenvalue weighted by molar-refractivity contribution is 5.67. The average Bonchev–Trinajstić information content (AvgIpc) is 2.52. The van der Waals surface area contributed by atoms with Crippen molar-refractivity contribution in [1.82, 2.24) is 4.90 Å². The summed E-state index contributed by atoms with van der Waals surface area (Å²) in [5.41, 5.74) is -0.305. The topological polar surface area (TPSA) is 49.8 Å². The van der Waals surface area contributed by atoms with E-state index in [1.54, 1.807) is 4.90 Å². The lowest BCUT2D eigenvalue weighted by molar-refractivity contribution is 0.0659. The Hall–Kier alpha value is -0.770. The summed E-state index contributed by atoms with van der Waals surface area (Å²) in [7, 11) is 0. The fraction of sp³-hybridized carbons (Fsp3) is 0.900. The number of amides is 1. The molecule has 2 atom stereocenters. The second kappa shape index (κ2) is 2.86. The highest BCUT2D eigenvalue weighted by Crippen LogP contribution is 2.49. The Bertz CT molecular complexity index is 249. The maximum atomic E-state index is 11.1. The van der Waals surface area contributed by atoms with Gasteiger partial charge in [-0.3, -0.25) is 4.90 Å². The van der Waals surface area contributed by atoms with Gasteiger partial charge in [-0.25, -0.2) is 4.79 Å². The molecule has 0 bridgehead atoms. The summed E-state index contributed by atoms with van der Waals surface area (Å²) in [6.07, 6.45) is -0.808. The van der Waals surface area contributed by atoms with Gasteiger partial charge >= 0.3 is 6.09 Å². The SMILES string of the molecule is CC(C)(C)N(C(=O)O)C1C2COCC21. The van der Waals surface area contributed by atoms with Gasteiger partial charge < -0.3 is 9.84 Å². The molecule has 1 aliphatic carbocycles. The van der Waals surface area contributed by atoms with E-state index in [4.69, 9.17) is 9.84 Å². The van der Waals surface area contributed by atoms with Gasteiger partial charge in [-0.2, -0.15) is 0 Å². The molecule has 2 aliphatic rings. The third kappa shape index (κ3) is 1.38. The highest BCUT2D eigenvalue weighted by Gasteiger charge is 2.60.